The third-order valence-corrected chi connectivity index (χ3v) is 1.47. The van der Waals surface area contributed by atoms with Gasteiger partial charge < -0.3 is 10.6 Å². The van der Waals surface area contributed by atoms with Gasteiger partial charge >= 0.3 is 0 Å². The van der Waals surface area contributed by atoms with Gasteiger partial charge in [0.05, 0.1) is 0 Å². The van der Waals surface area contributed by atoms with Gasteiger partial charge in [-0.3, -0.25) is 10.4 Å². The van der Waals surface area contributed by atoms with E-state index in [1.54, 1.807) is 0 Å². The van der Waals surface area contributed by atoms with Crippen LogP contribution in [0.1, 0.15) is 13.8 Å². The lowest BCUT2D eigenvalue weighted by Crippen LogP contribution is -2.18. The lowest BCUT2D eigenvalue weighted by atomic mass is 10.7. The van der Waals surface area contributed by atoms with Gasteiger partial charge in [0.2, 0.25) is 11.9 Å². The number of nitrogens with one attached hydrogen (secondary N) is 2. The smallest absolute Gasteiger partial charge is 0.283 e. The number of hydrogen-bond acceptors (Lipinski definition) is 8. The fourth-order valence-corrected chi connectivity index (χ4v) is 0.929. The van der Waals surface area contributed by atoms with Gasteiger partial charge in [-0.2, -0.15) is 15.0 Å². The molecule has 8 nitrogen and oxygen atoms in total. The number of anilines is 3. The Morgan fingerprint density at radius 3 is 1.80 bits per heavy atom. The summed E-state index contributed by atoms with van der Waals surface area (Å²) in [4.78, 5) is 11.5. The van der Waals surface area contributed by atoms with Gasteiger partial charge in [0, 0.05) is 13.1 Å². The van der Waals surface area contributed by atoms with Gasteiger partial charge in [0.1, 0.15) is 0 Å². The molecule has 4 N–H and O–H groups in total. The molecule has 84 valence electrons. The van der Waals surface area contributed by atoms with Crippen molar-refractivity contribution >= 4 is 17.8 Å². The van der Waals surface area contributed by atoms with Crippen LogP contribution >= 0.6 is 0 Å². The average Bonchev–Trinajstić information content (AvgIpc) is 2.18. The molecule has 0 amide bonds. The Balaban J connectivity index is 2.97. The minimum Gasteiger partial charge on any atom is -0.354 e. The van der Waals surface area contributed by atoms with Crippen molar-refractivity contribution in [3.05, 3.63) is 0 Å². The van der Waals surface area contributed by atoms with Gasteiger partial charge in [-0.25, -0.2) is 0 Å². The Kier molecular flexibility index (Phi) is 4.01. The molecular weight excluding hydrogens is 200 g/mol. The number of aromatic nitrogens is 3. The standard InChI is InChI=1S/C7H14N6O2/c1-3-8-5-10-6(9-4-2)12-7(11-5)13(14)15/h14-15H,3-4H2,1-2H3,(H2,8,9,10,11,12). The molecule has 0 fully saturated rings. The summed E-state index contributed by atoms with van der Waals surface area (Å²) in [5, 5.41) is 23.1. The van der Waals surface area contributed by atoms with Gasteiger partial charge in [-0.05, 0) is 13.8 Å². The lowest BCUT2D eigenvalue weighted by molar-refractivity contribution is 0.0242. The topological polar surface area (TPSA) is 106 Å². The molecule has 1 heterocycles. The monoisotopic (exact) mass is 214 g/mol. The van der Waals surface area contributed by atoms with Crippen LogP contribution in [0.15, 0.2) is 0 Å². The quantitative estimate of drug-likeness (QED) is 0.519. The molecule has 0 saturated heterocycles. The van der Waals surface area contributed by atoms with Crippen LogP contribution in [0.4, 0.5) is 17.8 Å². The summed E-state index contributed by atoms with van der Waals surface area (Å²) < 4.78 is 0. The number of hydrogen-bond donors (Lipinski definition) is 4. The Bertz CT molecular complexity index is 294. The van der Waals surface area contributed by atoms with Gasteiger partial charge in [-0.1, -0.05) is 5.23 Å². The SMILES string of the molecule is CCNc1nc(NCC)nc(N(O)O)n1. The molecule has 8 heteroatoms. The maximum atomic E-state index is 8.79. The van der Waals surface area contributed by atoms with Crippen molar-refractivity contribution in [2.24, 2.45) is 0 Å². The first kappa shape index (κ1) is 11.4. The molecule has 0 aliphatic heterocycles. The van der Waals surface area contributed by atoms with Crippen LogP contribution in [-0.2, 0) is 0 Å². The molecular formula is C7H14N6O2. The molecule has 0 atom stereocenters. The third-order valence-electron chi connectivity index (χ3n) is 1.47. The van der Waals surface area contributed by atoms with Crippen molar-refractivity contribution in [2.75, 3.05) is 28.9 Å². The van der Waals surface area contributed by atoms with Crippen LogP contribution in [0.2, 0.25) is 0 Å². The summed E-state index contributed by atoms with van der Waals surface area (Å²) >= 11 is 0. The van der Waals surface area contributed by atoms with Gasteiger partial charge in [0.25, 0.3) is 5.95 Å². The largest absolute Gasteiger partial charge is 0.354 e. The van der Waals surface area contributed by atoms with Crippen LogP contribution < -0.4 is 15.9 Å². The molecule has 1 aromatic rings. The summed E-state index contributed by atoms with van der Waals surface area (Å²) in [7, 11) is 0. The predicted octanol–water partition coefficient (Wildman–Crippen LogP) is 0.320. The van der Waals surface area contributed by atoms with Crippen LogP contribution in [-0.4, -0.2) is 38.5 Å². The van der Waals surface area contributed by atoms with E-state index in [2.05, 4.69) is 25.6 Å². The molecule has 1 rings (SSSR count). The zero-order valence-electron chi connectivity index (χ0n) is 8.60. The van der Waals surface area contributed by atoms with E-state index < -0.39 is 0 Å². The van der Waals surface area contributed by atoms with Crippen molar-refractivity contribution in [2.45, 2.75) is 13.8 Å². The van der Waals surface area contributed by atoms with Crippen LogP contribution in [0.3, 0.4) is 0 Å². The molecule has 0 aliphatic rings. The van der Waals surface area contributed by atoms with Gasteiger partial charge in [-0.15, -0.1) is 0 Å². The predicted molar refractivity (Wildman–Crippen MR) is 54.2 cm³/mol. The zero-order valence-corrected chi connectivity index (χ0v) is 8.60. The van der Waals surface area contributed by atoms with E-state index in [0.29, 0.717) is 13.1 Å². The maximum absolute atomic E-state index is 8.79. The highest BCUT2D eigenvalue weighted by atomic mass is 16.8. The Labute approximate surface area is 86.9 Å². The number of nitrogens with zero attached hydrogens (tertiary/aromatic N) is 4. The van der Waals surface area contributed by atoms with Crippen molar-refractivity contribution in [3.63, 3.8) is 0 Å². The molecule has 0 spiro atoms. The summed E-state index contributed by atoms with van der Waals surface area (Å²) in [6.07, 6.45) is 0. The van der Waals surface area contributed by atoms with Crippen LogP contribution in [0.5, 0.6) is 0 Å². The number of rotatable bonds is 5. The molecule has 1 aromatic heterocycles. The maximum Gasteiger partial charge on any atom is 0.283 e. The van der Waals surface area contributed by atoms with E-state index in [1.165, 1.54) is 0 Å². The second kappa shape index (κ2) is 5.27. The molecule has 0 bridgehead atoms. The lowest BCUT2D eigenvalue weighted by Gasteiger charge is -2.10. The van der Waals surface area contributed by atoms with E-state index >= 15 is 0 Å². The van der Waals surface area contributed by atoms with E-state index in [4.69, 9.17) is 10.4 Å². The highest BCUT2D eigenvalue weighted by Gasteiger charge is 2.08. The Hall–Kier alpha value is -1.67. The van der Waals surface area contributed by atoms with E-state index in [1.807, 2.05) is 13.8 Å². The Morgan fingerprint density at radius 1 is 1.00 bits per heavy atom. The van der Waals surface area contributed by atoms with Crippen LogP contribution in [0.25, 0.3) is 0 Å². The molecule has 0 aromatic carbocycles. The van der Waals surface area contributed by atoms with E-state index in [-0.39, 0.29) is 23.1 Å². The first-order chi connectivity index (χ1) is 7.17. The molecule has 0 unspecified atom stereocenters. The fourth-order valence-electron chi connectivity index (χ4n) is 0.929. The third kappa shape index (κ3) is 3.18. The summed E-state index contributed by atoms with van der Waals surface area (Å²) in [5.41, 5.74) is 0. The Morgan fingerprint density at radius 2 is 1.47 bits per heavy atom. The molecule has 15 heavy (non-hydrogen) atoms. The fraction of sp³-hybridized carbons (Fsp3) is 0.571. The zero-order chi connectivity index (χ0) is 11.3. The van der Waals surface area contributed by atoms with Crippen molar-refractivity contribution < 1.29 is 10.4 Å². The highest BCUT2D eigenvalue weighted by Crippen LogP contribution is 2.10. The summed E-state index contributed by atoms with van der Waals surface area (Å²) in [6.45, 7) is 5.02. The summed E-state index contributed by atoms with van der Waals surface area (Å²) in [5.74, 6) is 0.329. The van der Waals surface area contributed by atoms with Crippen molar-refractivity contribution in [1.29, 1.82) is 0 Å². The summed E-state index contributed by atoms with van der Waals surface area (Å²) in [6, 6.07) is 0. The molecule has 0 radical (unpaired) electrons. The van der Waals surface area contributed by atoms with E-state index in [9.17, 15) is 0 Å². The average molecular weight is 214 g/mol. The molecule has 0 saturated carbocycles. The minimum atomic E-state index is -0.239. The molecule has 0 aliphatic carbocycles. The normalized spacial score (nSPS) is 9.87. The minimum absolute atomic E-state index is 0.149. The second-order valence-corrected chi connectivity index (χ2v) is 2.63. The first-order valence-electron chi connectivity index (χ1n) is 4.59. The second-order valence-electron chi connectivity index (χ2n) is 2.63. The van der Waals surface area contributed by atoms with Crippen molar-refractivity contribution in [1.82, 2.24) is 15.0 Å². The van der Waals surface area contributed by atoms with Crippen molar-refractivity contribution in [3.8, 4) is 0 Å². The van der Waals surface area contributed by atoms with E-state index in [0.717, 1.165) is 0 Å². The highest BCUT2D eigenvalue weighted by molar-refractivity contribution is 5.40. The van der Waals surface area contributed by atoms with Crippen LogP contribution in [0, 0.1) is 0 Å². The first-order valence-corrected chi connectivity index (χ1v) is 4.59. The van der Waals surface area contributed by atoms with Gasteiger partial charge in [0.15, 0.2) is 0 Å².